The van der Waals surface area contributed by atoms with Gasteiger partial charge in [-0.05, 0) is 43.9 Å². The highest BCUT2D eigenvalue weighted by Gasteiger charge is 2.39. The molecule has 2 N–H and O–H groups in total. The Morgan fingerprint density at radius 1 is 1.29 bits per heavy atom. The molecule has 28 heavy (non-hydrogen) atoms. The summed E-state index contributed by atoms with van der Waals surface area (Å²) >= 11 is 6.13. The Morgan fingerprint density at radius 3 is 2.68 bits per heavy atom. The van der Waals surface area contributed by atoms with E-state index in [-0.39, 0.29) is 5.91 Å². The van der Waals surface area contributed by atoms with Crippen molar-refractivity contribution in [3.63, 3.8) is 0 Å². The van der Waals surface area contributed by atoms with Gasteiger partial charge in [-0.25, -0.2) is 0 Å². The van der Waals surface area contributed by atoms with Crippen molar-refractivity contribution in [3.05, 3.63) is 34.9 Å². The molecule has 154 valence electrons. The lowest BCUT2D eigenvalue weighted by molar-refractivity contribution is -0.130. The molecule has 2 fully saturated rings. The first-order chi connectivity index (χ1) is 13.5. The van der Waals surface area contributed by atoms with E-state index in [4.69, 9.17) is 11.6 Å². The summed E-state index contributed by atoms with van der Waals surface area (Å²) < 4.78 is 0. The van der Waals surface area contributed by atoms with Crippen molar-refractivity contribution in [2.45, 2.75) is 44.2 Å². The van der Waals surface area contributed by atoms with Gasteiger partial charge in [0.05, 0.1) is 6.54 Å². The third-order valence-corrected chi connectivity index (χ3v) is 5.73. The van der Waals surface area contributed by atoms with Crippen molar-refractivity contribution in [2.24, 2.45) is 4.99 Å². The highest BCUT2D eigenvalue weighted by atomic mass is 35.5. The zero-order chi connectivity index (χ0) is 20.1. The number of benzene rings is 1. The molecule has 1 amide bonds. The molecule has 1 saturated carbocycles. The summed E-state index contributed by atoms with van der Waals surface area (Å²) in [5.74, 6) is 1.57. The molecule has 7 heteroatoms. The molecule has 1 aliphatic heterocycles. The molecular weight excluding hydrogens is 374 g/mol. The molecule has 2 aliphatic rings. The highest BCUT2D eigenvalue weighted by molar-refractivity contribution is 6.30. The predicted octanol–water partition coefficient (Wildman–Crippen LogP) is 2.30. The van der Waals surface area contributed by atoms with Crippen LogP contribution in [0.5, 0.6) is 0 Å². The molecule has 1 aromatic carbocycles. The number of likely N-dealkylation sites (tertiary alicyclic amines) is 1. The van der Waals surface area contributed by atoms with Crippen molar-refractivity contribution < 1.29 is 4.79 Å². The smallest absolute Gasteiger partial charge is 0.236 e. The molecule has 0 bridgehead atoms. The van der Waals surface area contributed by atoms with Gasteiger partial charge in [0.2, 0.25) is 5.91 Å². The van der Waals surface area contributed by atoms with Gasteiger partial charge in [0.25, 0.3) is 0 Å². The molecule has 0 radical (unpaired) electrons. The van der Waals surface area contributed by atoms with E-state index in [1.54, 1.807) is 4.90 Å². The lowest BCUT2D eigenvalue weighted by Crippen LogP contribution is -2.50. The Morgan fingerprint density at radius 2 is 2.04 bits per heavy atom. The van der Waals surface area contributed by atoms with Crippen LogP contribution in [0.2, 0.25) is 5.02 Å². The Bertz CT molecular complexity index is 700. The number of aliphatic imine (C=N–C) groups is 1. The topological polar surface area (TPSA) is 60.0 Å². The van der Waals surface area contributed by atoms with E-state index in [2.05, 4.69) is 39.6 Å². The van der Waals surface area contributed by atoms with Gasteiger partial charge >= 0.3 is 0 Å². The number of hydrogen-bond donors (Lipinski definition) is 2. The third-order valence-electron chi connectivity index (χ3n) is 5.49. The Labute approximate surface area is 173 Å². The first-order valence-corrected chi connectivity index (χ1v) is 10.6. The Hall–Kier alpha value is -1.79. The number of carbonyl (C=O) groups excluding carboxylic acids is 1. The minimum absolute atomic E-state index is 0.169. The van der Waals surface area contributed by atoms with E-state index >= 15 is 0 Å². The zero-order valence-corrected chi connectivity index (χ0v) is 17.9. The van der Waals surface area contributed by atoms with Crippen LogP contribution in [0.1, 0.15) is 37.7 Å². The van der Waals surface area contributed by atoms with Crippen LogP contribution in [0.3, 0.4) is 0 Å². The number of carbonyl (C=O) groups is 1. The second-order valence-corrected chi connectivity index (χ2v) is 8.39. The maximum Gasteiger partial charge on any atom is 0.236 e. The van der Waals surface area contributed by atoms with Crippen LogP contribution in [0.25, 0.3) is 0 Å². The summed E-state index contributed by atoms with van der Waals surface area (Å²) in [5, 5.41) is 7.98. The van der Waals surface area contributed by atoms with E-state index in [0.29, 0.717) is 24.5 Å². The number of nitrogens with one attached hydrogen (secondary N) is 2. The fraction of sp³-hybridized carbons (Fsp3) is 0.619. The number of halogens is 1. The standard InChI is InChI=1S/C21H32ClN5O/c1-4-23-21(25-19-13-18(19)15-6-5-7-16(22)12-15)24-17-8-10-27(11-9-17)14-20(28)26(2)3/h5-7,12,17-19H,4,8-11,13-14H2,1-3H3,(H2,23,24,25). The quantitative estimate of drug-likeness (QED) is 0.563. The van der Waals surface area contributed by atoms with E-state index in [1.165, 1.54) is 5.56 Å². The van der Waals surface area contributed by atoms with Crippen molar-refractivity contribution >= 4 is 23.5 Å². The van der Waals surface area contributed by atoms with E-state index in [1.807, 2.05) is 26.2 Å². The number of piperidine rings is 1. The fourth-order valence-corrected chi connectivity index (χ4v) is 3.89. The van der Waals surface area contributed by atoms with Crippen molar-refractivity contribution in [1.82, 2.24) is 20.4 Å². The van der Waals surface area contributed by atoms with Crippen LogP contribution in [-0.4, -0.2) is 74.0 Å². The second-order valence-electron chi connectivity index (χ2n) is 7.95. The van der Waals surface area contributed by atoms with Crippen LogP contribution in [0.4, 0.5) is 0 Å². The minimum Gasteiger partial charge on any atom is -0.354 e. The van der Waals surface area contributed by atoms with Crippen LogP contribution in [-0.2, 0) is 4.79 Å². The van der Waals surface area contributed by atoms with Crippen molar-refractivity contribution in [2.75, 3.05) is 40.3 Å². The van der Waals surface area contributed by atoms with E-state index < -0.39 is 0 Å². The van der Waals surface area contributed by atoms with Gasteiger partial charge in [-0.2, -0.15) is 0 Å². The molecule has 6 nitrogen and oxygen atoms in total. The zero-order valence-electron chi connectivity index (χ0n) is 17.1. The molecule has 2 atom stereocenters. The average Bonchev–Trinajstić information content (AvgIpc) is 3.42. The largest absolute Gasteiger partial charge is 0.354 e. The number of nitrogens with zero attached hydrogens (tertiary/aromatic N) is 3. The van der Waals surface area contributed by atoms with Crippen molar-refractivity contribution in [3.8, 4) is 0 Å². The van der Waals surface area contributed by atoms with Crippen LogP contribution < -0.4 is 10.6 Å². The van der Waals surface area contributed by atoms with Gasteiger partial charge in [-0.15, -0.1) is 0 Å². The fourth-order valence-electron chi connectivity index (χ4n) is 3.69. The molecule has 0 spiro atoms. The molecule has 1 aliphatic carbocycles. The molecule has 0 aromatic heterocycles. The van der Waals surface area contributed by atoms with Crippen LogP contribution >= 0.6 is 11.6 Å². The monoisotopic (exact) mass is 405 g/mol. The van der Waals surface area contributed by atoms with Gasteiger partial charge in [0.15, 0.2) is 5.96 Å². The molecule has 1 heterocycles. The number of likely N-dealkylation sites (N-methyl/N-ethyl adjacent to an activating group) is 1. The summed E-state index contributed by atoms with van der Waals surface area (Å²) in [6.07, 6.45) is 3.15. The summed E-state index contributed by atoms with van der Waals surface area (Å²) in [6, 6.07) is 8.94. The van der Waals surface area contributed by atoms with Gasteiger partial charge in [-0.3, -0.25) is 14.7 Å². The maximum absolute atomic E-state index is 11.9. The summed E-state index contributed by atoms with van der Waals surface area (Å²) in [4.78, 5) is 20.4. The summed E-state index contributed by atoms with van der Waals surface area (Å²) in [7, 11) is 3.62. The number of amides is 1. The van der Waals surface area contributed by atoms with Crippen LogP contribution in [0.15, 0.2) is 29.3 Å². The predicted molar refractivity (Wildman–Crippen MR) is 115 cm³/mol. The average molecular weight is 406 g/mol. The Kier molecular flexibility index (Phi) is 7.18. The molecule has 2 unspecified atom stereocenters. The number of hydrogen-bond acceptors (Lipinski definition) is 3. The third kappa shape index (κ3) is 5.85. The van der Waals surface area contributed by atoms with Crippen molar-refractivity contribution in [1.29, 1.82) is 0 Å². The molecular formula is C21H32ClN5O. The second kappa shape index (κ2) is 9.61. The van der Waals surface area contributed by atoms with E-state index in [0.717, 1.165) is 49.9 Å². The van der Waals surface area contributed by atoms with Gasteiger partial charge in [0.1, 0.15) is 0 Å². The minimum atomic E-state index is 0.169. The SMILES string of the molecule is CCN=C(NC1CCN(CC(=O)N(C)C)CC1)NC1CC1c1cccc(Cl)c1. The van der Waals surface area contributed by atoms with E-state index in [9.17, 15) is 4.79 Å². The first kappa shape index (κ1) is 20.9. The number of rotatable bonds is 6. The highest BCUT2D eigenvalue weighted by Crippen LogP contribution is 2.41. The summed E-state index contributed by atoms with van der Waals surface area (Å²) in [6.45, 7) is 5.19. The first-order valence-electron chi connectivity index (χ1n) is 10.2. The molecule has 1 saturated heterocycles. The number of guanidine groups is 1. The molecule has 1 aromatic rings. The summed E-state index contributed by atoms with van der Waals surface area (Å²) in [5.41, 5.74) is 1.29. The van der Waals surface area contributed by atoms with Gasteiger partial charge in [-0.1, -0.05) is 23.7 Å². The lowest BCUT2D eigenvalue weighted by atomic mass is 10.1. The Balaban J connectivity index is 1.46. The maximum atomic E-state index is 11.9. The van der Waals surface area contributed by atoms with Gasteiger partial charge in [0, 0.05) is 56.8 Å². The molecule has 3 rings (SSSR count). The van der Waals surface area contributed by atoms with Gasteiger partial charge < -0.3 is 15.5 Å². The van der Waals surface area contributed by atoms with Crippen LogP contribution in [0, 0.1) is 0 Å². The normalized spacial score (nSPS) is 23.4. The lowest BCUT2D eigenvalue weighted by Gasteiger charge is -2.33.